The topological polar surface area (TPSA) is 93.9 Å². The molecule has 33 heavy (non-hydrogen) atoms. The van der Waals surface area contributed by atoms with E-state index in [0.717, 1.165) is 12.3 Å². The molecule has 0 aliphatic heterocycles. The first-order valence-electron chi connectivity index (χ1n) is 10.4. The predicted octanol–water partition coefficient (Wildman–Crippen LogP) is 2.67. The first-order chi connectivity index (χ1) is 15.9. The Morgan fingerprint density at radius 2 is 2.00 bits per heavy atom. The molecule has 0 saturated carbocycles. The lowest BCUT2D eigenvalue weighted by Gasteiger charge is -2.30. The molecule has 0 aliphatic rings. The van der Waals surface area contributed by atoms with Gasteiger partial charge in [-0.2, -0.15) is 0 Å². The van der Waals surface area contributed by atoms with E-state index in [4.69, 9.17) is 9.47 Å². The number of pyridine rings is 2. The molecule has 1 unspecified atom stereocenters. The molecule has 3 rings (SSSR count). The molecule has 0 radical (unpaired) electrons. The summed E-state index contributed by atoms with van der Waals surface area (Å²) in [6.45, 7) is 3.99. The molecule has 1 atom stereocenters. The van der Waals surface area contributed by atoms with Gasteiger partial charge in [0, 0.05) is 25.9 Å². The van der Waals surface area contributed by atoms with E-state index >= 15 is 0 Å². The fraction of sp³-hybridized carbons (Fsp3) is 0.348. The molecule has 0 saturated heterocycles. The van der Waals surface area contributed by atoms with E-state index in [1.807, 2.05) is 6.92 Å². The molecule has 3 aromatic rings. The fourth-order valence-corrected chi connectivity index (χ4v) is 3.61. The minimum atomic E-state index is -0.901. The maximum atomic E-state index is 14.7. The molecule has 176 valence electrons. The molecule has 2 heterocycles. The Kier molecular flexibility index (Phi) is 7.72. The van der Waals surface area contributed by atoms with Crippen LogP contribution in [0.5, 0.6) is 0 Å². The lowest BCUT2D eigenvalue weighted by atomic mass is 10.1. The van der Waals surface area contributed by atoms with Crippen LogP contribution in [0.2, 0.25) is 0 Å². The monoisotopic (exact) mass is 461 g/mol. The molecule has 8 nitrogen and oxygen atoms in total. The second-order valence-corrected chi connectivity index (χ2v) is 7.18. The number of hydrogen-bond donors (Lipinski definition) is 1. The van der Waals surface area contributed by atoms with Gasteiger partial charge >= 0.3 is 5.97 Å². The maximum Gasteiger partial charge on any atom is 0.343 e. The summed E-state index contributed by atoms with van der Waals surface area (Å²) >= 11 is 0. The normalized spacial score (nSPS) is 12.1. The Bertz CT molecular complexity index is 1210. The van der Waals surface area contributed by atoms with Gasteiger partial charge in [0.25, 0.3) is 0 Å². The van der Waals surface area contributed by atoms with Gasteiger partial charge in [-0.05, 0) is 38.1 Å². The van der Waals surface area contributed by atoms with Crippen molar-refractivity contribution in [3.8, 4) is 5.69 Å². The van der Waals surface area contributed by atoms with E-state index in [1.54, 1.807) is 17.9 Å². The number of anilines is 1. The summed E-state index contributed by atoms with van der Waals surface area (Å²) in [6, 6.07) is 5.60. The summed E-state index contributed by atoms with van der Waals surface area (Å²) in [5.74, 6) is -2.13. The quantitative estimate of drug-likeness (QED) is 0.490. The standard InChI is InChI=1S/C23H25F2N3O5/c1-4-27(15(12-29)13-32-3)20-9-7-16-21(30)17(23(31)33-5-2)11-28(22(16)26-20)19-8-6-14(24)10-18(19)25/h6-11,15,29H,4-5,12-13H2,1-3H3. The first-order valence-corrected chi connectivity index (χ1v) is 10.4. The molecule has 0 spiro atoms. The molecule has 1 aromatic carbocycles. The third-order valence-electron chi connectivity index (χ3n) is 5.15. The van der Waals surface area contributed by atoms with Crippen LogP contribution < -0.4 is 10.3 Å². The average Bonchev–Trinajstić information content (AvgIpc) is 2.80. The van der Waals surface area contributed by atoms with Crippen LogP contribution in [0, 0.1) is 11.6 Å². The minimum Gasteiger partial charge on any atom is -0.462 e. The van der Waals surface area contributed by atoms with Crippen LogP contribution in [-0.4, -0.2) is 60.1 Å². The highest BCUT2D eigenvalue weighted by atomic mass is 19.1. The molecule has 0 amide bonds. The van der Waals surface area contributed by atoms with E-state index in [0.29, 0.717) is 18.4 Å². The number of nitrogens with zero attached hydrogens (tertiary/aromatic N) is 3. The number of benzene rings is 1. The fourth-order valence-electron chi connectivity index (χ4n) is 3.61. The molecular weight excluding hydrogens is 436 g/mol. The van der Waals surface area contributed by atoms with Gasteiger partial charge in [0.15, 0.2) is 5.65 Å². The van der Waals surface area contributed by atoms with E-state index in [9.17, 15) is 23.5 Å². The van der Waals surface area contributed by atoms with Crippen molar-refractivity contribution >= 4 is 22.8 Å². The van der Waals surface area contributed by atoms with Crippen molar-refractivity contribution in [2.75, 3.05) is 38.4 Å². The van der Waals surface area contributed by atoms with Crippen molar-refractivity contribution < 1.29 is 28.2 Å². The second kappa shape index (κ2) is 10.5. The third-order valence-corrected chi connectivity index (χ3v) is 5.15. The van der Waals surface area contributed by atoms with Gasteiger partial charge < -0.3 is 19.5 Å². The second-order valence-electron chi connectivity index (χ2n) is 7.18. The van der Waals surface area contributed by atoms with Crippen LogP contribution >= 0.6 is 0 Å². The van der Waals surface area contributed by atoms with Gasteiger partial charge in [0.05, 0.1) is 36.9 Å². The summed E-state index contributed by atoms with van der Waals surface area (Å²) in [4.78, 5) is 31.8. The van der Waals surface area contributed by atoms with Crippen LogP contribution in [0.3, 0.4) is 0 Å². The third kappa shape index (κ3) is 4.86. The lowest BCUT2D eigenvalue weighted by Crippen LogP contribution is -2.41. The first kappa shape index (κ1) is 24.3. The SMILES string of the molecule is CCOC(=O)c1cn(-c2ccc(F)cc2F)c2nc(N(CC)C(CO)COC)ccc2c1=O. The molecular formula is C23H25F2N3O5. The number of carbonyl (C=O) groups is 1. The number of aromatic nitrogens is 2. The Balaban J connectivity index is 2.32. The van der Waals surface area contributed by atoms with Gasteiger partial charge in [-0.3, -0.25) is 9.36 Å². The maximum absolute atomic E-state index is 14.7. The van der Waals surface area contributed by atoms with Gasteiger partial charge in [-0.15, -0.1) is 0 Å². The molecule has 0 bridgehead atoms. The van der Waals surface area contributed by atoms with Gasteiger partial charge in [0.1, 0.15) is 23.0 Å². The average molecular weight is 461 g/mol. The van der Waals surface area contributed by atoms with E-state index < -0.39 is 29.1 Å². The summed E-state index contributed by atoms with van der Waals surface area (Å²) in [6.07, 6.45) is 1.14. The van der Waals surface area contributed by atoms with Crippen LogP contribution in [0.15, 0.2) is 41.3 Å². The van der Waals surface area contributed by atoms with Crippen molar-refractivity contribution in [2.45, 2.75) is 19.9 Å². The predicted molar refractivity (Wildman–Crippen MR) is 119 cm³/mol. The van der Waals surface area contributed by atoms with E-state index in [1.165, 1.54) is 23.8 Å². The Labute approximate surface area is 189 Å². The van der Waals surface area contributed by atoms with Crippen LogP contribution in [0.1, 0.15) is 24.2 Å². The minimum absolute atomic E-state index is 0.0475. The zero-order valence-electron chi connectivity index (χ0n) is 18.5. The molecule has 1 N–H and O–H groups in total. The van der Waals surface area contributed by atoms with Crippen molar-refractivity contribution in [3.05, 3.63) is 63.9 Å². The number of rotatable bonds is 9. The highest BCUT2D eigenvalue weighted by molar-refractivity contribution is 5.93. The van der Waals surface area contributed by atoms with E-state index in [2.05, 4.69) is 4.98 Å². The number of hydrogen-bond acceptors (Lipinski definition) is 7. The highest BCUT2D eigenvalue weighted by Gasteiger charge is 2.23. The Morgan fingerprint density at radius 1 is 1.24 bits per heavy atom. The van der Waals surface area contributed by atoms with Crippen molar-refractivity contribution in [3.63, 3.8) is 0 Å². The number of aliphatic hydroxyl groups excluding tert-OH is 1. The Morgan fingerprint density at radius 3 is 2.61 bits per heavy atom. The van der Waals surface area contributed by atoms with Gasteiger partial charge in [0.2, 0.25) is 5.43 Å². The van der Waals surface area contributed by atoms with Crippen LogP contribution in [-0.2, 0) is 9.47 Å². The van der Waals surface area contributed by atoms with Crippen molar-refractivity contribution in [1.82, 2.24) is 9.55 Å². The smallest absolute Gasteiger partial charge is 0.343 e. The molecule has 10 heteroatoms. The number of likely N-dealkylation sites (N-methyl/N-ethyl adjacent to an activating group) is 1. The Hall–Kier alpha value is -3.37. The number of ether oxygens (including phenoxy) is 2. The van der Waals surface area contributed by atoms with E-state index in [-0.39, 0.29) is 42.1 Å². The molecule has 0 aliphatic carbocycles. The summed E-state index contributed by atoms with van der Waals surface area (Å²) < 4.78 is 39.6. The van der Waals surface area contributed by atoms with Crippen LogP contribution in [0.25, 0.3) is 16.7 Å². The number of halogens is 2. The number of methoxy groups -OCH3 is 1. The number of carbonyl (C=O) groups excluding carboxylic acids is 1. The summed E-state index contributed by atoms with van der Waals surface area (Å²) in [5.41, 5.74) is -0.971. The van der Waals surface area contributed by atoms with Crippen molar-refractivity contribution in [1.29, 1.82) is 0 Å². The van der Waals surface area contributed by atoms with Gasteiger partial charge in [-0.1, -0.05) is 0 Å². The summed E-state index contributed by atoms with van der Waals surface area (Å²) in [5, 5.41) is 9.83. The van der Waals surface area contributed by atoms with Crippen molar-refractivity contribution in [2.24, 2.45) is 0 Å². The van der Waals surface area contributed by atoms with Gasteiger partial charge in [-0.25, -0.2) is 18.6 Å². The molecule has 0 fully saturated rings. The number of esters is 1. The summed E-state index contributed by atoms with van der Waals surface area (Å²) in [7, 11) is 1.51. The van der Waals surface area contributed by atoms with Crippen LogP contribution in [0.4, 0.5) is 14.6 Å². The highest BCUT2D eigenvalue weighted by Crippen LogP contribution is 2.24. The number of fused-ring (bicyclic) bond motifs is 1. The molecule has 2 aromatic heterocycles. The zero-order valence-corrected chi connectivity index (χ0v) is 18.5. The lowest BCUT2D eigenvalue weighted by molar-refractivity contribution is 0.0524. The largest absolute Gasteiger partial charge is 0.462 e. The number of aliphatic hydroxyl groups is 1. The zero-order chi connectivity index (χ0) is 24.1.